The lowest BCUT2D eigenvalue weighted by Crippen LogP contribution is -2.29. The average Bonchev–Trinajstić information content (AvgIpc) is 3.19. The van der Waals surface area contributed by atoms with Crippen LogP contribution >= 0.6 is 15.9 Å². The number of fused-ring (bicyclic) bond motifs is 4. The second kappa shape index (κ2) is 7.81. The number of rotatable bonds is 3. The first-order valence-corrected chi connectivity index (χ1v) is 11.8. The highest BCUT2D eigenvalue weighted by Gasteiger charge is 2.28. The van der Waals surface area contributed by atoms with Crippen molar-refractivity contribution in [2.24, 2.45) is 4.99 Å². The summed E-state index contributed by atoms with van der Waals surface area (Å²) < 4.78 is 3.21. The van der Waals surface area contributed by atoms with Crippen molar-refractivity contribution >= 4 is 49.4 Å². The number of para-hydroxylation sites is 2. The monoisotopic (exact) mass is 497 g/mol. The van der Waals surface area contributed by atoms with E-state index in [-0.39, 0.29) is 11.1 Å². The number of aromatic nitrogens is 1. The summed E-state index contributed by atoms with van der Waals surface area (Å²) in [6.45, 7) is 0. The molecule has 0 radical (unpaired) electrons. The van der Waals surface area contributed by atoms with Gasteiger partial charge in [-0.15, -0.1) is 0 Å². The molecule has 1 aromatic heterocycles. The van der Waals surface area contributed by atoms with Gasteiger partial charge in [-0.3, -0.25) is 15.1 Å². The third-order valence-electron chi connectivity index (χ3n) is 6.55. The Kier molecular flexibility index (Phi) is 4.76. The van der Waals surface area contributed by atoms with Crippen molar-refractivity contribution in [2.45, 2.75) is 25.0 Å². The van der Waals surface area contributed by atoms with Crippen molar-refractivity contribution in [2.75, 3.05) is 0 Å². The van der Waals surface area contributed by atoms with Crippen molar-refractivity contribution in [1.29, 1.82) is 0 Å². The molecule has 0 saturated heterocycles. The van der Waals surface area contributed by atoms with Crippen LogP contribution in [-0.2, 0) is 0 Å². The lowest BCUT2D eigenvalue weighted by Gasteiger charge is -2.20. The minimum Gasteiger partial charge on any atom is -0.316 e. The van der Waals surface area contributed by atoms with Crippen LogP contribution in [0.3, 0.4) is 0 Å². The molecule has 3 aromatic carbocycles. The molecule has 6 rings (SSSR count). The molecule has 0 bridgehead atoms. The number of nitro groups is 1. The molecule has 0 saturated carbocycles. The number of hydrogen-bond acceptors (Lipinski definition) is 3. The molecule has 2 aliphatic rings. The molecule has 2 atom stereocenters. The van der Waals surface area contributed by atoms with Crippen LogP contribution in [0.2, 0.25) is 0 Å². The van der Waals surface area contributed by atoms with E-state index in [9.17, 15) is 10.1 Å². The van der Waals surface area contributed by atoms with Gasteiger partial charge in [-0.1, -0.05) is 60.7 Å². The molecule has 1 aliphatic heterocycles. The summed E-state index contributed by atoms with van der Waals surface area (Å²) in [5, 5.41) is 16.1. The van der Waals surface area contributed by atoms with Crippen LogP contribution in [0.15, 0.2) is 88.4 Å². The molecule has 4 aromatic rings. The van der Waals surface area contributed by atoms with Crippen molar-refractivity contribution < 1.29 is 4.92 Å². The normalized spacial score (nSPS) is 19.6. The largest absolute Gasteiger partial charge is 0.316 e. The maximum Gasteiger partial charge on any atom is 0.242 e. The van der Waals surface area contributed by atoms with E-state index in [1.165, 1.54) is 5.22 Å². The number of benzene rings is 3. The number of halogens is 1. The third kappa shape index (κ3) is 3.25. The van der Waals surface area contributed by atoms with Gasteiger partial charge in [-0.25, -0.2) is 0 Å². The minimum absolute atomic E-state index is 0.0622. The van der Waals surface area contributed by atoms with Gasteiger partial charge in [0.15, 0.2) is 0 Å². The quantitative estimate of drug-likeness (QED) is 0.275. The van der Waals surface area contributed by atoms with Crippen molar-refractivity contribution in [3.8, 4) is 0 Å². The molecule has 6 heteroatoms. The average molecular weight is 498 g/mol. The molecule has 162 valence electrons. The van der Waals surface area contributed by atoms with Gasteiger partial charge in [0.25, 0.3) is 0 Å². The van der Waals surface area contributed by atoms with E-state index in [1.54, 1.807) is 0 Å². The maximum absolute atomic E-state index is 11.7. The first-order valence-electron chi connectivity index (χ1n) is 11.0. The van der Waals surface area contributed by atoms with E-state index in [1.807, 2.05) is 48.6 Å². The van der Waals surface area contributed by atoms with Gasteiger partial charge in [0.1, 0.15) is 6.17 Å². The molecule has 0 fully saturated rings. The summed E-state index contributed by atoms with van der Waals surface area (Å²) in [7, 11) is 0. The maximum atomic E-state index is 11.7. The summed E-state index contributed by atoms with van der Waals surface area (Å²) in [4.78, 5) is 16.6. The highest BCUT2D eigenvalue weighted by atomic mass is 79.9. The van der Waals surface area contributed by atoms with Gasteiger partial charge in [0, 0.05) is 38.6 Å². The molecule has 33 heavy (non-hydrogen) atoms. The Morgan fingerprint density at radius 3 is 2.73 bits per heavy atom. The fourth-order valence-corrected chi connectivity index (χ4v) is 5.70. The zero-order chi connectivity index (χ0) is 22.5. The zero-order valence-electron chi connectivity index (χ0n) is 17.7. The summed E-state index contributed by atoms with van der Waals surface area (Å²) in [5.41, 5.74) is 3.79. The third-order valence-corrected chi connectivity index (χ3v) is 7.15. The molecule has 0 amide bonds. The standard InChI is InChI=1S/C27H20BrN3O2/c28-22-16-18(19-8-2-6-12-25(19)31(32)33)15-21-20-9-3-5-11-24(20)30(27(21)22)26-14-13-17-7-1-4-10-23(17)29-26/h1-11,13,15-16,25-26H,12,14H2. The molecule has 2 heterocycles. The second-order valence-corrected chi connectivity index (χ2v) is 9.29. The smallest absolute Gasteiger partial charge is 0.242 e. The Morgan fingerprint density at radius 2 is 1.85 bits per heavy atom. The molecular weight excluding hydrogens is 478 g/mol. The van der Waals surface area contributed by atoms with E-state index in [0.717, 1.165) is 49.2 Å². The molecular formula is C27H20BrN3O2. The van der Waals surface area contributed by atoms with Crippen LogP contribution < -0.4 is 10.6 Å². The predicted octanol–water partition coefficient (Wildman–Crippen LogP) is 5.55. The lowest BCUT2D eigenvalue weighted by atomic mass is 9.92. The lowest BCUT2D eigenvalue weighted by molar-refractivity contribution is -0.505. The Hall–Kier alpha value is -3.51. The fraction of sp³-hybridized carbons (Fsp3) is 0.148. The second-order valence-electron chi connectivity index (χ2n) is 8.44. The van der Waals surface area contributed by atoms with E-state index in [0.29, 0.717) is 6.42 Å². The van der Waals surface area contributed by atoms with Gasteiger partial charge < -0.3 is 4.57 Å². The fourth-order valence-electron chi connectivity index (χ4n) is 5.05. The highest BCUT2D eigenvalue weighted by Crippen LogP contribution is 2.40. The van der Waals surface area contributed by atoms with Gasteiger partial charge in [0.2, 0.25) is 6.04 Å². The van der Waals surface area contributed by atoms with Gasteiger partial charge in [-0.05, 0) is 51.0 Å². The van der Waals surface area contributed by atoms with E-state index in [2.05, 4.69) is 56.9 Å². The van der Waals surface area contributed by atoms with Crippen LogP contribution in [0, 0.1) is 10.1 Å². The van der Waals surface area contributed by atoms with Crippen LogP contribution in [0.25, 0.3) is 33.5 Å². The van der Waals surface area contributed by atoms with E-state index in [4.69, 9.17) is 4.99 Å². The van der Waals surface area contributed by atoms with Crippen LogP contribution in [0.4, 0.5) is 0 Å². The van der Waals surface area contributed by atoms with Crippen LogP contribution in [0.5, 0.6) is 0 Å². The first-order chi connectivity index (χ1) is 16.1. The van der Waals surface area contributed by atoms with Crippen LogP contribution in [0.1, 0.15) is 24.6 Å². The van der Waals surface area contributed by atoms with Crippen molar-refractivity contribution in [3.05, 3.63) is 110 Å². The first kappa shape index (κ1) is 20.1. The van der Waals surface area contributed by atoms with Crippen LogP contribution in [-0.4, -0.2) is 15.5 Å². The van der Waals surface area contributed by atoms with Crippen molar-refractivity contribution in [1.82, 2.24) is 4.57 Å². The summed E-state index contributed by atoms with van der Waals surface area (Å²) in [6.07, 6.45) is 9.03. The molecule has 5 nitrogen and oxygen atoms in total. The number of hydrogen-bond donors (Lipinski definition) is 0. The Balaban J connectivity index is 1.61. The van der Waals surface area contributed by atoms with Gasteiger partial charge in [-0.2, -0.15) is 0 Å². The number of nitrogens with zero attached hydrogens (tertiary/aromatic N) is 3. The highest BCUT2D eigenvalue weighted by molar-refractivity contribution is 9.10. The zero-order valence-corrected chi connectivity index (χ0v) is 19.3. The molecule has 0 spiro atoms. The Morgan fingerprint density at radius 1 is 1.03 bits per heavy atom. The SMILES string of the molecule is O=[N+]([O-])C1CC=CC=C1c1cc(Br)c2c(c1)c1ccccc1n2C1CC=c2ccccc2=N1. The van der Waals surface area contributed by atoms with E-state index < -0.39 is 6.04 Å². The molecule has 0 N–H and O–H groups in total. The minimum atomic E-state index is -0.729. The van der Waals surface area contributed by atoms with Gasteiger partial charge >= 0.3 is 0 Å². The topological polar surface area (TPSA) is 60.4 Å². The van der Waals surface area contributed by atoms with Gasteiger partial charge in [0.05, 0.1) is 16.4 Å². The van der Waals surface area contributed by atoms with Crippen molar-refractivity contribution in [3.63, 3.8) is 0 Å². The number of allylic oxidation sites excluding steroid dienone is 2. The Labute approximate surface area is 198 Å². The summed E-state index contributed by atoms with van der Waals surface area (Å²) >= 11 is 3.81. The molecule has 2 unspecified atom stereocenters. The summed E-state index contributed by atoms with van der Waals surface area (Å²) in [6, 6.07) is 19.9. The Bertz CT molecular complexity index is 1630. The summed E-state index contributed by atoms with van der Waals surface area (Å²) in [5.74, 6) is 0. The van der Waals surface area contributed by atoms with E-state index >= 15 is 0 Å². The predicted molar refractivity (Wildman–Crippen MR) is 135 cm³/mol. The molecule has 1 aliphatic carbocycles.